The summed E-state index contributed by atoms with van der Waals surface area (Å²) in [6.45, 7) is 4.50. The van der Waals surface area contributed by atoms with Gasteiger partial charge in [-0.25, -0.2) is 4.79 Å². The van der Waals surface area contributed by atoms with Crippen LogP contribution < -0.4 is 0 Å². The van der Waals surface area contributed by atoms with E-state index in [0.717, 1.165) is 12.8 Å². The van der Waals surface area contributed by atoms with Gasteiger partial charge in [-0.15, -0.1) is 0 Å². The van der Waals surface area contributed by atoms with Gasteiger partial charge in [-0.3, -0.25) is 4.79 Å². The SMILES string of the molecule is CCCCCCCCCOC(=O)C(=O)N1CCOCC1. The van der Waals surface area contributed by atoms with E-state index in [0.29, 0.717) is 32.9 Å². The number of unbranched alkanes of at least 4 members (excludes halogenated alkanes) is 6. The lowest BCUT2D eigenvalue weighted by molar-refractivity contribution is -0.162. The van der Waals surface area contributed by atoms with E-state index >= 15 is 0 Å². The van der Waals surface area contributed by atoms with Gasteiger partial charge in [0.25, 0.3) is 0 Å². The predicted octanol–water partition coefficient (Wildman–Crippen LogP) is 2.14. The molecular formula is C15H27NO4. The van der Waals surface area contributed by atoms with Gasteiger partial charge >= 0.3 is 11.9 Å². The van der Waals surface area contributed by atoms with Crippen molar-refractivity contribution in [2.45, 2.75) is 51.9 Å². The van der Waals surface area contributed by atoms with Crippen LogP contribution in [-0.4, -0.2) is 49.7 Å². The first-order valence-corrected chi connectivity index (χ1v) is 7.79. The van der Waals surface area contributed by atoms with E-state index in [1.807, 2.05) is 0 Å². The highest BCUT2D eigenvalue weighted by atomic mass is 16.5. The number of ether oxygens (including phenoxy) is 2. The number of esters is 1. The van der Waals surface area contributed by atoms with Crippen LogP contribution in [0.3, 0.4) is 0 Å². The number of carbonyl (C=O) groups excluding carboxylic acids is 2. The Labute approximate surface area is 121 Å². The van der Waals surface area contributed by atoms with E-state index in [1.54, 1.807) is 0 Å². The number of nitrogens with zero attached hydrogens (tertiary/aromatic N) is 1. The molecule has 1 aliphatic heterocycles. The molecule has 0 bridgehead atoms. The topological polar surface area (TPSA) is 55.8 Å². The molecule has 5 nitrogen and oxygen atoms in total. The molecule has 0 N–H and O–H groups in total. The molecule has 1 fully saturated rings. The second kappa shape index (κ2) is 10.7. The van der Waals surface area contributed by atoms with Gasteiger partial charge < -0.3 is 14.4 Å². The minimum absolute atomic E-state index is 0.350. The molecule has 1 heterocycles. The Hall–Kier alpha value is -1.10. The molecule has 0 unspecified atom stereocenters. The number of morpholine rings is 1. The minimum Gasteiger partial charge on any atom is -0.459 e. The van der Waals surface area contributed by atoms with Crippen LogP contribution in [0, 0.1) is 0 Å². The zero-order valence-corrected chi connectivity index (χ0v) is 12.6. The Balaban J connectivity index is 2.00. The third kappa shape index (κ3) is 6.89. The van der Waals surface area contributed by atoms with Crippen LogP contribution >= 0.6 is 0 Å². The van der Waals surface area contributed by atoms with Crippen molar-refractivity contribution in [2.24, 2.45) is 0 Å². The van der Waals surface area contributed by atoms with Crippen LogP contribution in [0.1, 0.15) is 51.9 Å². The van der Waals surface area contributed by atoms with Crippen molar-refractivity contribution in [3.8, 4) is 0 Å². The van der Waals surface area contributed by atoms with E-state index in [-0.39, 0.29) is 0 Å². The van der Waals surface area contributed by atoms with Crippen LogP contribution in [0.25, 0.3) is 0 Å². The minimum atomic E-state index is -0.724. The molecule has 0 aromatic carbocycles. The smallest absolute Gasteiger partial charge is 0.397 e. The van der Waals surface area contributed by atoms with E-state index < -0.39 is 11.9 Å². The molecule has 20 heavy (non-hydrogen) atoms. The molecule has 0 aliphatic carbocycles. The lowest BCUT2D eigenvalue weighted by Crippen LogP contribution is -2.44. The van der Waals surface area contributed by atoms with E-state index in [2.05, 4.69) is 6.92 Å². The van der Waals surface area contributed by atoms with E-state index in [1.165, 1.54) is 37.0 Å². The van der Waals surface area contributed by atoms with E-state index in [9.17, 15) is 9.59 Å². The van der Waals surface area contributed by atoms with Gasteiger partial charge in [0.05, 0.1) is 19.8 Å². The highest BCUT2D eigenvalue weighted by Crippen LogP contribution is 2.07. The fourth-order valence-corrected chi connectivity index (χ4v) is 2.18. The third-order valence-corrected chi connectivity index (χ3v) is 3.45. The summed E-state index contributed by atoms with van der Waals surface area (Å²) in [4.78, 5) is 24.8. The van der Waals surface area contributed by atoms with Crippen molar-refractivity contribution in [3.05, 3.63) is 0 Å². The zero-order chi connectivity index (χ0) is 14.6. The van der Waals surface area contributed by atoms with Crippen molar-refractivity contribution in [1.29, 1.82) is 0 Å². The van der Waals surface area contributed by atoms with Gasteiger partial charge in [0.2, 0.25) is 0 Å². The maximum Gasteiger partial charge on any atom is 0.397 e. The fraction of sp³-hybridized carbons (Fsp3) is 0.867. The molecule has 0 aromatic heterocycles. The van der Waals surface area contributed by atoms with Crippen LogP contribution in [0.2, 0.25) is 0 Å². The monoisotopic (exact) mass is 285 g/mol. The maximum atomic E-state index is 11.7. The second-order valence-electron chi connectivity index (χ2n) is 5.16. The number of hydrogen-bond acceptors (Lipinski definition) is 4. The summed E-state index contributed by atoms with van der Waals surface area (Å²) >= 11 is 0. The largest absolute Gasteiger partial charge is 0.459 e. The first-order chi connectivity index (χ1) is 9.75. The van der Waals surface area contributed by atoms with Gasteiger partial charge in [-0.2, -0.15) is 0 Å². The summed E-state index contributed by atoms with van der Waals surface area (Å²) in [5, 5.41) is 0. The molecule has 5 heteroatoms. The van der Waals surface area contributed by atoms with Crippen molar-refractivity contribution in [3.63, 3.8) is 0 Å². The Morgan fingerprint density at radius 3 is 2.25 bits per heavy atom. The highest BCUT2D eigenvalue weighted by molar-refractivity contribution is 6.32. The summed E-state index contributed by atoms with van der Waals surface area (Å²) in [6, 6.07) is 0. The van der Waals surface area contributed by atoms with Crippen molar-refractivity contribution in [1.82, 2.24) is 4.90 Å². The van der Waals surface area contributed by atoms with E-state index in [4.69, 9.17) is 9.47 Å². The van der Waals surface area contributed by atoms with Crippen molar-refractivity contribution >= 4 is 11.9 Å². The third-order valence-electron chi connectivity index (χ3n) is 3.45. The van der Waals surface area contributed by atoms with Gasteiger partial charge in [-0.05, 0) is 6.42 Å². The second-order valence-corrected chi connectivity index (χ2v) is 5.16. The first-order valence-electron chi connectivity index (χ1n) is 7.79. The highest BCUT2D eigenvalue weighted by Gasteiger charge is 2.24. The number of carbonyl (C=O) groups is 2. The molecule has 0 saturated carbocycles. The number of hydrogen-bond donors (Lipinski definition) is 0. The Morgan fingerprint density at radius 2 is 1.60 bits per heavy atom. The maximum absolute atomic E-state index is 11.7. The molecule has 0 radical (unpaired) electrons. The van der Waals surface area contributed by atoms with Crippen molar-refractivity contribution in [2.75, 3.05) is 32.9 Å². The first kappa shape index (κ1) is 17.0. The summed E-state index contributed by atoms with van der Waals surface area (Å²) in [5.41, 5.74) is 0. The Kier molecular flexibility index (Phi) is 9.04. The predicted molar refractivity (Wildman–Crippen MR) is 76.4 cm³/mol. The summed E-state index contributed by atoms with van der Waals surface area (Å²) in [6.07, 6.45) is 8.15. The molecule has 1 aliphatic rings. The molecule has 0 spiro atoms. The van der Waals surface area contributed by atoms with Crippen LogP contribution in [0.5, 0.6) is 0 Å². The molecule has 116 valence electrons. The van der Waals surface area contributed by atoms with Gasteiger partial charge in [0.1, 0.15) is 0 Å². The van der Waals surface area contributed by atoms with Gasteiger partial charge in [-0.1, -0.05) is 45.4 Å². The molecule has 0 aromatic rings. The molecule has 1 amide bonds. The number of amides is 1. The molecular weight excluding hydrogens is 258 g/mol. The fourth-order valence-electron chi connectivity index (χ4n) is 2.18. The molecule has 1 saturated heterocycles. The standard InChI is InChI=1S/C15H27NO4/c1-2-3-4-5-6-7-8-11-20-15(18)14(17)16-9-12-19-13-10-16/h2-13H2,1H3. The summed E-state index contributed by atoms with van der Waals surface area (Å²) in [5.74, 6) is -1.26. The van der Waals surface area contributed by atoms with Crippen LogP contribution in [0.4, 0.5) is 0 Å². The van der Waals surface area contributed by atoms with Gasteiger partial charge in [0, 0.05) is 13.1 Å². The Morgan fingerprint density at radius 1 is 1.00 bits per heavy atom. The Bertz CT molecular complexity index is 288. The summed E-state index contributed by atoms with van der Waals surface area (Å²) in [7, 11) is 0. The van der Waals surface area contributed by atoms with Crippen molar-refractivity contribution < 1.29 is 19.1 Å². The molecule has 1 rings (SSSR count). The average molecular weight is 285 g/mol. The van der Waals surface area contributed by atoms with Crippen LogP contribution in [-0.2, 0) is 19.1 Å². The number of rotatable bonds is 8. The zero-order valence-electron chi connectivity index (χ0n) is 12.6. The normalized spacial score (nSPS) is 15.2. The lowest BCUT2D eigenvalue weighted by Gasteiger charge is -2.25. The van der Waals surface area contributed by atoms with Crippen LogP contribution in [0.15, 0.2) is 0 Å². The average Bonchev–Trinajstić information content (AvgIpc) is 2.50. The molecule has 0 atom stereocenters. The quantitative estimate of drug-likeness (QED) is 0.389. The van der Waals surface area contributed by atoms with Gasteiger partial charge in [0.15, 0.2) is 0 Å². The summed E-state index contributed by atoms with van der Waals surface area (Å²) < 4.78 is 10.2. The lowest BCUT2D eigenvalue weighted by atomic mass is 10.1.